The Morgan fingerprint density at radius 1 is 1.20 bits per heavy atom. The largest absolute Gasteiger partial charge is 0.392 e. The summed E-state index contributed by atoms with van der Waals surface area (Å²) in [5.74, 6) is -0.120. The number of likely N-dealkylation sites (tertiary alicyclic amines) is 1. The molecule has 0 atom stereocenters. The summed E-state index contributed by atoms with van der Waals surface area (Å²) in [6, 6.07) is 7.00. The zero-order chi connectivity index (χ0) is 14.4. The van der Waals surface area contributed by atoms with Gasteiger partial charge in [-0.1, -0.05) is 18.6 Å². The van der Waals surface area contributed by atoms with Gasteiger partial charge in [-0.05, 0) is 30.5 Å². The minimum atomic E-state index is -0.183. The molecular formula is C15H20N2O3. The Morgan fingerprint density at radius 3 is 2.65 bits per heavy atom. The molecule has 0 radical (unpaired) electrons. The van der Waals surface area contributed by atoms with E-state index in [1.54, 1.807) is 29.2 Å². The van der Waals surface area contributed by atoms with Gasteiger partial charge in [0.1, 0.15) is 0 Å². The second kappa shape index (κ2) is 7.05. The van der Waals surface area contributed by atoms with E-state index in [-0.39, 0.29) is 25.0 Å². The zero-order valence-corrected chi connectivity index (χ0v) is 11.5. The van der Waals surface area contributed by atoms with Gasteiger partial charge < -0.3 is 15.3 Å². The lowest BCUT2D eigenvalue weighted by molar-refractivity contribution is -0.134. The van der Waals surface area contributed by atoms with Gasteiger partial charge in [0.25, 0.3) is 0 Å². The lowest BCUT2D eigenvalue weighted by atomic mass is 10.2. The molecule has 1 aliphatic rings. The van der Waals surface area contributed by atoms with Gasteiger partial charge in [-0.2, -0.15) is 0 Å². The summed E-state index contributed by atoms with van der Waals surface area (Å²) in [5, 5.41) is 11.7. The van der Waals surface area contributed by atoms with Crippen LogP contribution < -0.4 is 5.32 Å². The standard InChI is InChI=1S/C15H20N2O3/c18-11-12-5-7-13(8-6-12)16-14(19)10-17-9-3-1-2-4-15(17)20/h5-8,18H,1-4,9-11H2,(H,16,19). The van der Waals surface area contributed by atoms with Crippen molar-refractivity contribution < 1.29 is 14.7 Å². The van der Waals surface area contributed by atoms with E-state index in [4.69, 9.17) is 5.11 Å². The highest BCUT2D eigenvalue weighted by Gasteiger charge is 2.19. The summed E-state index contributed by atoms with van der Waals surface area (Å²) < 4.78 is 0. The molecule has 0 aromatic heterocycles. The van der Waals surface area contributed by atoms with Crippen molar-refractivity contribution in [3.8, 4) is 0 Å². The number of carbonyl (C=O) groups is 2. The lowest BCUT2D eigenvalue weighted by Crippen LogP contribution is -2.37. The highest BCUT2D eigenvalue weighted by Crippen LogP contribution is 2.12. The summed E-state index contributed by atoms with van der Waals surface area (Å²) in [7, 11) is 0. The van der Waals surface area contributed by atoms with Crippen molar-refractivity contribution in [2.75, 3.05) is 18.4 Å². The summed E-state index contributed by atoms with van der Waals surface area (Å²) in [6.07, 6.45) is 3.47. The predicted molar refractivity (Wildman–Crippen MR) is 76.0 cm³/mol. The average Bonchev–Trinajstić information content (AvgIpc) is 2.65. The number of nitrogens with zero attached hydrogens (tertiary/aromatic N) is 1. The predicted octanol–water partition coefficient (Wildman–Crippen LogP) is 1.52. The van der Waals surface area contributed by atoms with Crippen LogP contribution in [-0.4, -0.2) is 34.9 Å². The molecule has 0 aliphatic carbocycles. The van der Waals surface area contributed by atoms with Crippen molar-refractivity contribution in [1.29, 1.82) is 0 Å². The van der Waals surface area contributed by atoms with Crippen molar-refractivity contribution in [1.82, 2.24) is 4.90 Å². The number of anilines is 1. The van der Waals surface area contributed by atoms with Crippen LogP contribution in [0.25, 0.3) is 0 Å². The lowest BCUT2D eigenvalue weighted by Gasteiger charge is -2.19. The van der Waals surface area contributed by atoms with Gasteiger partial charge >= 0.3 is 0 Å². The van der Waals surface area contributed by atoms with E-state index in [1.165, 1.54) is 0 Å². The SMILES string of the molecule is O=C(CN1CCCCCC1=O)Nc1ccc(CO)cc1. The number of hydrogen-bond acceptors (Lipinski definition) is 3. The summed E-state index contributed by atoms with van der Waals surface area (Å²) in [5.41, 5.74) is 1.47. The highest BCUT2D eigenvalue weighted by atomic mass is 16.3. The van der Waals surface area contributed by atoms with E-state index in [1.807, 2.05) is 0 Å². The molecule has 2 rings (SSSR count). The van der Waals surface area contributed by atoms with Crippen LogP contribution >= 0.6 is 0 Å². The first-order valence-corrected chi connectivity index (χ1v) is 6.96. The Kier molecular flexibility index (Phi) is 5.12. The molecule has 1 fully saturated rings. The zero-order valence-electron chi connectivity index (χ0n) is 11.5. The Labute approximate surface area is 118 Å². The first-order valence-electron chi connectivity index (χ1n) is 6.96. The van der Waals surface area contributed by atoms with Gasteiger partial charge in [-0.15, -0.1) is 0 Å². The van der Waals surface area contributed by atoms with E-state index in [0.29, 0.717) is 18.7 Å². The third kappa shape index (κ3) is 4.06. The molecule has 1 aromatic rings. The fourth-order valence-electron chi connectivity index (χ4n) is 2.27. The molecule has 1 aliphatic heterocycles. The van der Waals surface area contributed by atoms with Crippen LogP contribution in [0.15, 0.2) is 24.3 Å². The Hall–Kier alpha value is -1.88. The third-order valence-electron chi connectivity index (χ3n) is 3.43. The summed E-state index contributed by atoms with van der Waals surface area (Å²) in [4.78, 5) is 25.4. The van der Waals surface area contributed by atoms with Gasteiger partial charge in [-0.25, -0.2) is 0 Å². The topological polar surface area (TPSA) is 69.6 Å². The molecule has 20 heavy (non-hydrogen) atoms. The van der Waals surface area contributed by atoms with Gasteiger partial charge in [0, 0.05) is 18.7 Å². The third-order valence-corrected chi connectivity index (χ3v) is 3.43. The Bertz CT molecular complexity index is 471. The molecule has 5 nitrogen and oxygen atoms in total. The van der Waals surface area contributed by atoms with Crippen LogP contribution in [0.3, 0.4) is 0 Å². The number of carbonyl (C=O) groups excluding carboxylic acids is 2. The minimum Gasteiger partial charge on any atom is -0.392 e. The summed E-state index contributed by atoms with van der Waals surface area (Å²) >= 11 is 0. The number of hydrogen-bond donors (Lipinski definition) is 2. The molecule has 108 valence electrons. The van der Waals surface area contributed by atoms with Crippen LogP contribution in [0.1, 0.15) is 31.2 Å². The average molecular weight is 276 g/mol. The van der Waals surface area contributed by atoms with Crippen molar-refractivity contribution >= 4 is 17.5 Å². The fourth-order valence-corrected chi connectivity index (χ4v) is 2.27. The molecule has 0 unspecified atom stereocenters. The first-order chi connectivity index (χ1) is 9.69. The number of nitrogens with one attached hydrogen (secondary N) is 1. The minimum absolute atomic E-state index is 0.0174. The van der Waals surface area contributed by atoms with Crippen molar-refractivity contribution in [2.45, 2.75) is 32.3 Å². The van der Waals surface area contributed by atoms with E-state index in [9.17, 15) is 9.59 Å². The second-order valence-corrected chi connectivity index (χ2v) is 5.03. The summed E-state index contributed by atoms with van der Waals surface area (Å²) in [6.45, 7) is 0.757. The normalized spacial score (nSPS) is 15.8. The fraction of sp³-hybridized carbons (Fsp3) is 0.467. The van der Waals surface area contributed by atoms with Crippen LogP contribution in [0.5, 0.6) is 0 Å². The number of aliphatic hydroxyl groups is 1. The van der Waals surface area contributed by atoms with Gasteiger partial charge in [-0.3, -0.25) is 9.59 Å². The maximum Gasteiger partial charge on any atom is 0.243 e. The molecule has 2 N–H and O–H groups in total. The highest BCUT2D eigenvalue weighted by molar-refractivity contribution is 5.94. The van der Waals surface area contributed by atoms with Crippen molar-refractivity contribution in [3.63, 3.8) is 0 Å². The molecule has 1 aromatic carbocycles. The Balaban J connectivity index is 1.89. The molecule has 0 spiro atoms. The van der Waals surface area contributed by atoms with Crippen LogP contribution in [0.4, 0.5) is 5.69 Å². The van der Waals surface area contributed by atoms with Gasteiger partial charge in [0.2, 0.25) is 11.8 Å². The van der Waals surface area contributed by atoms with E-state index in [0.717, 1.165) is 24.8 Å². The number of aliphatic hydroxyl groups excluding tert-OH is 1. The first kappa shape index (κ1) is 14.5. The molecule has 1 saturated heterocycles. The van der Waals surface area contributed by atoms with E-state index in [2.05, 4.69) is 5.32 Å². The Morgan fingerprint density at radius 2 is 1.95 bits per heavy atom. The maximum absolute atomic E-state index is 11.9. The van der Waals surface area contributed by atoms with Crippen molar-refractivity contribution in [2.24, 2.45) is 0 Å². The number of benzene rings is 1. The maximum atomic E-state index is 11.9. The molecule has 5 heteroatoms. The van der Waals surface area contributed by atoms with Crippen LogP contribution in [0, 0.1) is 0 Å². The number of rotatable bonds is 4. The van der Waals surface area contributed by atoms with Gasteiger partial charge in [0.05, 0.1) is 13.2 Å². The van der Waals surface area contributed by atoms with E-state index < -0.39 is 0 Å². The molecular weight excluding hydrogens is 256 g/mol. The second-order valence-electron chi connectivity index (χ2n) is 5.03. The quantitative estimate of drug-likeness (QED) is 0.876. The number of amides is 2. The van der Waals surface area contributed by atoms with Crippen LogP contribution in [0.2, 0.25) is 0 Å². The monoisotopic (exact) mass is 276 g/mol. The van der Waals surface area contributed by atoms with E-state index >= 15 is 0 Å². The molecule has 0 saturated carbocycles. The molecule has 1 heterocycles. The van der Waals surface area contributed by atoms with Gasteiger partial charge in [0.15, 0.2) is 0 Å². The molecule has 2 amide bonds. The van der Waals surface area contributed by atoms with Crippen molar-refractivity contribution in [3.05, 3.63) is 29.8 Å². The smallest absolute Gasteiger partial charge is 0.243 e. The van der Waals surface area contributed by atoms with Crippen LogP contribution in [-0.2, 0) is 16.2 Å². The molecule has 0 bridgehead atoms.